The first kappa shape index (κ1) is 14.7. The van der Waals surface area contributed by atoms with Crippen molar-refractivity contribution in [2.24, 2.45) is 5.41 Å². The molecule has 3 rings (SSSR count). The van der Waals surface area contributed by atoms with Gasteiger partial charge < -0.3 is 5.32 Å². The smallest absolute Gasteiger partial charge is 0.308 e. The predicted octanol–water partition coefficient (Wildman–Crippen LogP) is 3.94. The van der Waals surface area contributed by atoms with Gasteiger partial charge in [-0.3, -0.25) is 10.1 Å². The van der Waals surface area contributed by atoms with Crippen LogP contribution in [0.5, 0.6) is 0 Å². The summed E-state index contributed by atoms with van der Waals surface area (Å²) in [5.41, 5.74) is 1.43. The molecule has 2 amide bonds. The molecular formula is C16H17N3O2S. The van der Waals surface area contributed by atoms with Crippen LogP contribution in [0.15, 0.2) is 30.3 Å². The van der Waals surface area contributed by atoms with Crippen LogP contribution in [0.1, 0.15) is 35.6 Å². The number of aromatic nitrogens is 1. The topological polar surface area (TPSA) is 71.1 Å². The molecule has 1 aromatic heterocycles. The average Bonchev–Trinajstić information content (AvgIpc) is 2.80. The van der Waals surface area contributed by atoms with E-state index < -0.39 is 0 Å². The van der Waals surface area contributed by atoms with Crippen molar-refractivity contribution in [2.45, 2.75) is 26.7 Å². The number of urea groups is 1. The molecule has 0 saturated carbocycles. The molecule has 114 valence electrons. The first-order valence-corrected chi connectivity index (χ1v) is 7.91. The summed E-state index contributed by atoms with van der Waals surface area (Å²) in [4.78, 5) is 29.2. The van der Waals surface area contributed by atoms with E-state index in [0.717, 1.165) is 12.1 Å². The Morgan fingerprint density at radius 3 is 2.64 bits per heavy atom. The van der Waals surface area contributed by atoms with Gasteiger partial charge in [0.25, 0.3) is 0 Å². The van der Waals surface area contributed by atoms with Crippen molar-refractivity contribution < 1.29 is 9.59 Å². The number of Topliss-reactive ketones (excluding diaryl/α,β-unsaturated/α-hetero) is 1. The Morgan fingerprint density at radius 1 is 1.18 bits per heavy atom. The van der Waals surface area contributed by atoms with Crippen LogP contribution in [0.2, 0.25) is 0 Å². The van der Waals surface area contributed by atoms with Crippen LogP contribution in [0.3, 0.4) is 0 Å². The van der Waals surface area contributed by atoms with Crippen LogP contribution >= 0.6 is 11.3 Å². The molecule has 22 heavy (non-hydrogen) atoms. The molecule has 2 aromatic rings. The van der Waals surface area contributed by atoms with Crippen molar-refractivity contribution in [2.75, 3.05) is 10.6 Å². The number of hydrogen-bond acceptors (Lipinski definition) is 4. The maximum atomic E-state index is 12.1. The van der Waals surface area contributed by atoms with Crippen LogP contribution in [0, 0.1) is 5.41 Å². The second kappa shape index (κ2) is 5.53. The van der Waals surface area contributed by atoms with E-state index in [1.807, 2.05) is 18.2 Å². The lowest BCUT2D eigenvalue weighted by Gasteiger charge is -2.26. The maximum Gasteiger partial charge on any atom is 0.325 e. The standard InChI is InChI=1S/C16H17N3O2S/c1-16(2)8-11-13(12(20)9-16)22-15(18-11)19-14(21)17-10-6-4-3-5-7-10/h3-7H,8-9H2,1-2H3,(H2,17,18,19,21). The Kier molecular flexibility index (Phi) is 3.70. The summed E-state index contributed by atoms with van der Waals surface area (Å²) in [5.74, 6) is 0.111. The van der Waals surface area contributed by atoms with Crippen LogP contribution in [0.4, 0.5) is 15.6 Å². The molecule has 2 N–H and O–H groups in total. The van der Waals surface area contributed by atoms with Crippen LogP contribution in [0.25, 0.3) is 0 Å². The highest BCUT2D eigenvalue weighted by Gasteiger charge is 2.34. The highest BCUT2D eigenvalue weighted by molar-refractivity contribution is 7.17. The summed E-state index contributed by atoms with van der Waals surface area (Å²) in [6.45, 7) is 4.12. The maximum absolute atomic E-state index is 12.1. The number of thiazole rings is 1. The van der Waals surface area contributed by atoms with E-state index in [1.54, 1.807) is 12.1 Å². The SMILES string of the molecule is CC1(C)CC(=O)c2sc(NC(=O)Nc3ccccc3)nc2C1. The lowest BCUT2D eigenvalue weighted by atomic mass is 9.78. The second-order valence-electron chi connectivity index (χ2n) is 6.18. The number of para-hydroxylation sites is 1. The minimum Gasteiger partial charge on any atom is -0.308 e. The third-order valence-corrected chi connectivity index (χ3v) is 4.54. The van der Waals surface area contributed by atoms with E-state index >= 15 is 0 Å². The van der Waals surface area contributed by atoms with E-state index in [9.17, 15) is 9.59 Å². The number of nitrogens with one attached hydrogen (secondary N) is 2. The lowest BCUT2D eigenvalue weighted by Crippen LogP contribution is -2.26. The number of carbonyl (C=O) groups is 2. The Hall–Kier alpha value is -2.21. The fourth-order valence-corrected chi connectivity index (χ4v) is 3.47. The van der Waals surface area contributed by atoms with Gasteiger partial charge >= 0.3 is 6.03 Å². The molecule has 0 atom stereocenters. The van der Waals surface area contributed by atoms with Gasteiger partial charge in [-0.15, -0.1) is 0 Å². The van der Waals surface area contributed by atoms with Gasteiger partial charge in [0.1, 0.15) is 0 Å². The van der Waals surface area contributed by atoms with Crippen molar-refractivity contribution in [1.82, 2.24) is 4.98 Å². The predicted molar refractivity (Wildman–Crippen MR) is 87.6 cm³/mol. The third kappa shape index (κ3) is 3.17. The number of carbonyl (C=O) groups excluding carboxylic acids is 2. The Labute approximate surface area is 132 Å². The fourth-order valence-electron chi connectivity index (χ4n) is 2.55. The quantitative estimate of drug-likeness (QED) is 0.881. The Morgan fingerprint density at radius 2 is 1.91 bits per heavy atom. The minimum absolute atomic E-state index is 0.0677. The van der Waals surface area contributed by atoms with E-state index in [0.29, 0.717) is 22.1 Å². The number of nitrogens with zero attached hydrogens (tertiary/aromatic N) is 1. The second-order valence-corrected chi connectivity index (χ2v) is 7.18. The van der Waals surface area contributed by atoms with E-state index in [1.165, 1.54) is 11.3 Å². The summed E-state index contributed by atoms with van der Waals surface area (Å²) in [6, 6.07) is 8.82. The Balaban J connectivity index is 1.72. The highest BCUT2D eigenvalue weighted by Crippen LogP contribution is 2.38. The zero-order chi connectivity index (χ0) is 15.7. The van der Waals surface area contributed by atoms with Gasteiger partial charge in [-0.1, -0.05) is 43.4 Å². The van der Waals surface area contributed by atoms with Crippen LogP contribution in [-0.4, -0.2) is 16.8 Å². The summed E-state index contributed by atoms with van der Waals surface area (Å²) in [6.07, 6.45) is 1.28. The summed E-state index contributed by atoms with van der Waals surface area (Å²) in [5, 5.41) is 5.89. The molecule has 1 aromatic carbocycles. The molecular weight excluding hydrogens is 298 g/mol. The van der Waals surface area contributed by atoms with Gasteiger partial charge in [-0.25, -0.2) is 9.78 Å². The number of benzene rings is 1. The first-order chi connectivity index (χ1) is 10.4. The molecule has 0 unspecified atom stereocenters. The number of hydrogen-bond donors (Lipinski definition) is 2. The van der Waals surface area contributed by atoms with E-state index in [2.05, 4.69) is 29.5 Å². The third-order valence-electron chi connectivity index (χ3n) is 3.49. The molecule has 0 saturated heterocycles. The molecule has 0 fully saturated rings. The van der Waals surface area contributed by atoms with Crippen molar-refractivity contribution in [3.63, 3.8) is 0 Å². The molecule has 0 bridgehead atoms. The molecule has 1 aliphatic carbocycles. The zero-order valence-corrected chi connectivity index (χ0v) is 13.3. The number of anilines is 2. The molecule has 1 aliphatic rings. The number of fused-ring (bicyclic) bond motifs is 1. The number of rotatable bonds is 2. The molecule has 6 heteroatoms. The monoisotopic (exact) mass is 315 g/mol. The van der Waals surface area contributed by atoms with E-state index in [-0.39, 0.29) is 17.2 Å². The van der Waals surface area contributed by atoms with Gasteiger partial charge in [0.2, 0.25) is 0 Å². The van der Waals surface area contributed by atoms with Crippen molar-refractivity contribution in [3.8, 4) is 0 Å². The average molecular weight is 315 g/mol. The normalized spacial score (nSPS) is 16.0. The van der Waals surface area contributed by atoms with Gasteiger partial charge in [-0.05, 0) is 24.0 Å². The van der Waals surface area contributed by atoms with Crippen LogP contribution in [-0.2, 0) is 6.42 Å². The molecule has 0 radical (unpaired) electrons. The molecule has 1 heterocycles. The molecule has 0 aliphatic heterocycles. The zero-order valence-electron chi connectivity index (χ0n) is 12.5. The summed E-state index contributed by atoms with van der Waals surface area (Å²) >= 11 is 1.25. The first-order valence-electron chi connectivity index (χ1n) is 7.09. The largest absolute Gasteiger partial charge is 0.325 e. The van der Waals surface area contributed by atoms with E-state index in [4.69, 9.17) is 0 Å². The lowest BCUT2D eigenvalue weighted by molar-refractivity contribution is 0.0916. The van der Waals surface area contributed by atoms with Gasteiger partial charge in [0, 0.05) is 12.1 Å². The van der Waals surface area contributed by atoms with Gasteiger partial charge in [-0.2, -0.15) is 0 Å². The van der Waals surface area contributed by atoms with Gasteiger partial charge in [0.15, 0.2) is 10.9 Å². The minimum atomic E-state index is -0.357. The molecule has 5 nitrogen and oxygen atoms in total. The van der Waals surface area contributed by atoms with Crippen molar-refractivity contribution in [1.29, 1.82) is 0 Å². The number of amides is 2. The fraction of sp³-hybridized carbons (Fsp3) is 0.312. The summed E-state index contributed by atoms with van der Waals surface area (Å²) < 4.78 is 0. The summed E-state index contributed by atoms with van der Waals surface area (Å²) in [7, 11) is 0. The van der Waals surface area contributed by atoms with Gasteiger partial charge in [0.05, 0.1) is 10.6 Å². The Bertz CT molecular complexity index is 722. The highest BCUT2D eigenvalue weighted by atomic mass is 32.1. The number of ketones is 1. The van der Waals surface area contributed by atoms with Crippen molar-refractivity contribution in [3.05, 3.63) is 40.9 Å². The van der Waals surface area contributed by atoms with Crippen LogP contribution < -0.4 is 10.6 Å². The molecule has 0 spiro atoms. The van der Waals surface area contributed by atoms with Crippen molar-refractivity contribution >= 4 is 34.0 Å².